The number of hydrogen-bond acceptors (Lipinski definition) is 4. The summed E-state index contributed by atoms with van der Waals surface area (Å²) in [4.78, 5) is 18.5. The number of fused-ring (bicyclic) bond motifs is 1. The van der Waals surface area contributed by atoms with Crippen LogP contribution in [-0.4, -0.2) is 34.7 Å². The Bertz CT molecular complexity index is 572. The number of amides is 1. The van der Waals surface area contributed by atoms with Crippen molar-refractivity contribution in [3.63, 3.8) is 0 Å². The van der Waals surface area contributed by atoms with Crippen LogP contribution in [0.1, 0.15) is 50.9 Å². The zero-order valence-corrected chi connectivity index (χ0v) is 13.6. The zero-order valence-electron chi connectivity index (χ0n) is 13.6. The highest BCUT2D eigenvalue weighted by Gasteiger charge is 2.47. The van der Waals surface area contributed by atoms with E-state index in [1.54, 1.807) is 4.90 Å². The number of likely N-dealkylation sites (tertiary alicyclic amines) is 1. The number of nitrogens with zero attached hydrogens (tertiary/aromatic N) is 2. The number of piperidine rings is 1. The van der Waals surface area contributed by atoms with Gasteiger partial charge >= 0.3 is 6.09 Å². The van der Waals surface area contributed by atoms with Crippen LogP contribution in [0.5, 0.6) is 0 Å². The van der Waals surface area contributed by atoms with E-state index in [9.17, 15) is 4.79 Å². The van der Waals surface area contributed by atoms with Crippen molar-refractivity contribution in [3.8, 4) is 0 Å². The highest BCUT2D eigenvalue weighted by atomic mass is 16.6. The molecule has 0 bridgehead atoms. The van der Waals surface area contributed by atoms with Gasteiger partial charge in [-0.15, -0.1) is 0 Å². The molecule has 22 heavy (non-hydrogen) atoms. The predicted octanol–water partition coefficient (Wildman–Crippen LogP) is 2.65. The molecule has 5 nitrogen and oxygen atoms in total. The van der Waals surface area contributed by atoms with Crippen molar-refractivity contribution in [1.29, 1.82) is 0 Å². The molecule has 0 unspecified atom stereocenters. The largest absolute Gasteiger partial charge is 0.444 e. The molecule has 1 fully saturated rings. The summed E-state index contributed by atoms with van der Waals surface area (Å²) in [5, 5.41) is 0. The maximum Gasteiger partial charge on any atom is 0.410 e. The Hall–Kier alpha value is -1.62. The number of hydrogen-bond donors (Lipinski definition) is 1. The van der Waals surface area contributed by atoms with E-state index in [1.807, 2.05) is 33.0 Å². The molecule has 1 amide bonds. The molecule has 0 saturated carbocycles. The maximum atomic E-state index is 12.2. The summed E-state index contributed by atoms with van der Waals surface area (Å²) >= 11 is 0. The van der Waals surface area contributed by atoms with Gasteiger partial charge in [0.15, 0.2) is 0 Å². The lowest BCUT2D eigenvalue weighted by Gasteiger charge is -2.42. The fourth-order valence-electron chi connectivity index (χ4n) is 3.60. The molecule has 1 aliphatic carbocycles. The number of carbonyl (C=O) groups is 1. The summed E-state index contributed by atoms with van der Waals surface area (Å²) in [6.07, 6.45) is 4.35. The number of nitrogens with two attached hydrogens (primary N) is 1. The third-order valence-corrected chi connectivity index (χ3v) is 4.85. The Morgan fingerprint density at radius 1 is 1.41 bits per heavy atom. The number of ether oxygens (including phenoxy) is 1. The van der Waals surface area contributed by atoms with Gasteiger partial charge < -0.3 is 15.4 Å². The van der Waals surface area contributed by atoms with Gasteiger partial charge in [-0.05, 0) is 57.1 Å². The Morgan fingerprint density at radius 2 is 2.09 bits per heavy atom. The van der Waals surface area contributed by atoms with Gasteiger partial charge in [-0.25, -0.2) is 4.79 Å². The second-order valence-electron chi connectivity index (χ2n) is 7.52. The highest BCUT2D eigenvalue weighted by molar-refractivity contribution is 5.68. The average Bonchev–Trinajstić information content (AvgIpc) is 2.71. The Morgan fingerprint density at radius 3 is 2.68 bits per heavy atom. The summed E-state index contributed by atoms with van der Waals surface area (Å²) in [5.41, 5.74) is 8.41. The SMILES string of the molecule is CC(C)(C)OC(=O)N1CCC2(CC1)Cc1ncccc1[C@H]2N. The molecule has 5 heteroatoms. The zero-order chi connectivity index (χ0) is 16.0. The quantitative estimate of drug-likeness (QED) is 0.800. The number of pyridine rings is 1. The molecule has 0 aromatic carbocycles. The summed E-state index contributed by atoms with van der Waals surface area (Å²) in [7, 11) is 0. The number of aromatic nitrogens is 1. The maximum absolute atomic E-state index is 12.2. The monoisotopic (exact) mass is 303 g/mol. The van der Waals surface area contributed by atoms with E-state index in [2.05, 4.69) is 11.1 Å². The third-order valence-electron chi connectivity index (χ3n) is 4.85. The van der Waals surface area contributed by atoms with Crippen LogP contribution in [0.25, 0.3) is 0 Å². The van der Waals surface area contributed by atoms with Crippen molar-refractivity contribution < 1.29 is 9.53 Å². The first-order valence-electron chi connectivity index (χ1n) is 7.98. The Kier molecular flexibility index (Phi) is 3.63. The summed E-state index contributed by atoms with van der Waals surface area (Å²) in [5.74, 6) is 0. The second kappa shape index (κ2) is 5.23. The van der Waals surface area contributed by atoms with Gasteiger partial charge in [0.1, 0.15) is 5.60 Å². The minimum absolute atomic E-state index is 0.0250. The summed E-state index contributed by atoms with van der Waals surface area (Å²) in [6, 6.07) is 4.06. The number of carbonyl (C=O) groups excluding carboxylic acids is 1. The molecular weight excluding hydrogens is 278 g/mol. The van der Waals surface area contributed by atoms with Crippen molar-refractivity contribution >= 4 is 6.09 Å². The van der Waals surface area contributed by atoms with E-state index >= 15 is 0 Å². The lowest BCUT2D eigenvalue weighted by atomic mass is 9.73. The van der Waals surface area contributed by atoms with Crippen LogP contribution in [0.2, 0.25) is 0 Å². The van der Waals surface area contributed by atoms with Crippen LogP contribution >= 0.6 is 0 Å². The molecule has 1 aromatic rings. The van der Waals surface area contributed by atoms with E-state index < -0.39 is 5.60 Å². The minimum atomic E-state index is -0.448. The molecular formula is C17H25N3O2. The number of rotatable bonds is 0. The molecule has 2 N–H and O–H groups in total. The fourth-order valence-corrected chi connectivity index (χ4v) is 3.60. The van der Waals surface area contributed by atoms with E-state index in [0.717, 1.165) is 25.0 Å². The van der Waals surface area contributed by atoms with Crippen molar-refractivity contribution in [2.24, 2.45) is 11.1 Å². The smallest absolute Gasteiger partial charge is 0.410 e. The standard InChI is InChI=1S/C17H25N3O2/c1-16(2,3)22-15(21)20-9-6-17(7-10-20)11-13-12(14(17)18)5-4-8-19-13/h4-5,8,14H,6-7,9-11,18H2,1-3H3/t14-/m1/s1. The Labute approximate surface area is 131 Å². The molecule has 0 radical (unpaired) electrons. The first-order valence-corrected chi connectivity index (χ1v) is 7.98. The predicted molar refractivity (Wildman–Crippen MR) is 84.3 cm³/mol. The summed E-state index contributed by atoms with van der Waals surface area (Å²) in [6.45, 7) is 7.09. The van der Waals surface area contributed by atoms with Gasteiger partial charge in [-0.2, -0.15) is 0 Å². The van der Waals surface area contributed by atoms with Gasteiger partial charge in [-0.1, -0.05) is 6.07 Å². The minimum Gasteiger partial charge on any atom is -0.444 e. The molecule has 1 aromatic heterocycles. The fraction of sp³-hybridized carbons (Fsp3) is 0.647. The molecule has 2 aliphatic rings. The molecule has 3 rings (SSSR count). The third kappa shape index (κ3) is 2.70. The van der Waals surface area contributed by atoms with Crippen LogP contribution in [0, 0.1) is 5.41 Å². The highest BCUT2D eigenvalue weighted by Crippen LogP contribution is 2.50. The molecule has 1 spiro atoms. The first-order chi connectivity index (χ1) is 10.3. The molecule has 2 heterocycles. The normalized spacial score (nSPS) is 23.5. The first kappa shape index (κ1) is 15.3. The van der Waals surface area contributed by atoms with Crippen LogP contribution in [0.3, 0.4) is 0 Å². The van der Waals surface area contributed by atoms with E-state index in [4.69, 9.17) is 10.5 Å². The van der Waals surface area contributed by atoms with Gasteiger partial charge in [-0.3, -0.25) is 4.98 Å². The van der Waals surface area contributed by atoms with E-state index in [-0.39, 0.29) is 17.6 Å². The topological polar surface area (TPSA) is 68.5 Å². The molecule has 1 atom stereocenters. The van der Waals surface area contributed by atoms with E-state index in [0.29, 0.717) is 13.1 Å². The molecule has 1 saturated heterocycles. The van der Waals surface area contributed by atoms with Gasteiger partial charge in [0.05, 0.1) is 0 Å². The van der Waals surface area contributed by atoms with Crippen molar-refractivity contribution in [3.05, 3.63) is 29.6 Å². The van der Waals surface area contributed by atoms with Crippen LogP contribution in [0.15, 0.2) is 18.3 Å². The van der Waals surface area contributed by atoms with Crippen molar-refractivity contribution in [1.82, 2.24) is 9.88 Å². The van der Waals surface area contributed by atoms with Gasteiger partial charge in [0, 0.05) is 31.0 Å². The second-order valence-corrected chi connectivity index (χ2v) is 7.52. The van der Waals surface area contributed by atoms with Crippen LogP contribution in [0.4, 0.5) is 4.79 Å². The summed E-state index contributed by atoms with van der Waals surface area (Å²) < 4.78 is 5.46. The van der Waals surface area contributed by atoms with E-state index in [1.165, 1.54) is 5.56 Å². The lowest BCUT2D eigenvalue weighted by Crippen LogP contribution is -2.47. The molecule has 1 aliphatic heterocycles. The van der Waals surface area contributed by atoms with Crippen molar-refractivity contribution in [2.45, 2.75) is 51.7 Å². The average molecular weight is 303 g/mol. The Balaban J connectivity index is 1.67. The van der Waals surface area contributed by atoms with Gasteiger partial charge in [0.25, 0.3) is 0 Å². The van der Waals surface area contributed by atoms with Crippen LogP contribution < -0.4 is 5.73 Å². The van der Waals surface area contributed by atoms with Crippen molar-refractivity contribution in [2.75, 3.05) is 13.1 Å². The van der Waals surface area contributed by atoms with Gasteiger partial charge in [0.2, 0.25) is 0 Å². The van der Waals surface area contributed by atoms with Crippen LogP contribution in [-0.2, 0) is 11.2 Å². The molecule has 120 valence electrons. The lowest BCUT2D eigenvalue weighted by molar-refractivity contribution is 0.00792.